The van der Waals surface area contributed by atoms with Gasteiger partial charge in [-0.05, 0) is 107 Å². The molecule has 0 unspecified atom stereocenters. The van der Waals surface area contributed by atoms with Gasteiger partial charge in [-0.1, -0.05) is 100 Å². The van der Waals surface area contributed by atoms with Crippen molar-refractivity contribution >= 4 is 102 Å². The molecule has 0 aliphatic carbocycles. The molecule has 2 saturated heterocycles. The summed E-state index contributed by atoms with van der Waals surface area (Å²) in [7, 11) is 4.00. The van der Waals surface area contributed by atoms with Crippen molar-refractivity contribution in [2.75, 3.05) is 49.9 Å². The topological polar surface area (TPSA) is 280 Å². The van der Waals surface area contributed by atoms with Crippen LogP contribution < -0.4 is 21.3 Å². The molecule has 5 N–H and O–H groups in total. The van der Waals surface area contributed by atoms with Gasteiger partial charge < -0.3 is 55.0 Å². The number of hydrogen-bond donors (Lipinski definition) is 4. The third-order valence-corrected chi connectivity index (χ3v) is 19.1. The number of nitrogens with one attached hydrogen (secondary N) is 2. The molecule has 0 saturated carbocycles. The number of methoxy groups -OCH3 is 1. The van der Waals surface area contributed by atoms with Crippen LogP contribution >= 0.6 is 43.5 Å². The van der Waals surface area contributed by atoms with E-state index in [0.29, 0.717) is 53.7 Å². The average molecular weight is 1420 g/mol. The minimum Gasteiger partial charge on any atom is -0.465 e. The summed E-state index contributed by atoms with van der Waals surface area (Å²) in [5.41, 5.74) is 2.24. The minimum atomic E-state index is -5.19. The SMILES string of the molecule is CO[C@@H]1/C=C/C=C(\C)Cc2cc(C)c(Cl)c(c2)N(C)C(=O)C[C@H](OC(=O)[C@H](C)N(C)C(=O)c2ccc(CC(=O)[C@H](CCCNC(N)=O)NC(=O)[C@@H](CC(=O)CCCCCOC(=O)C(CBr)CBr)C(C)C)cc2C(F)(F)F)[C@]2(C)O[C@H]2[C@H](C)[C@@H]2C[C@@]1(O)CC(=O)O2. The number of fused-ring (bicyclic) bond motifs is 5. The van der Waals surface area contributed by atoms with E-state index >= 15 is 13.2 Å². The molecule has 26 heteroatoms. The molecule has 2 aromatic rings. The van der Waals surface area contributed by atoms with Crippen LogP contribution in [-0.2, 0) is 76.3 Å². The predicted octanol–water partition coefficient (Wildman–Crippen LogP) is 9.18. The number of unbranched alkanes of at least 4 members (excludes halogenated alkanes) is 2. The maximum Gasteiger partial charge on any atom is 0.417 e. The summed E-state index contributed by atoms with van der Waals surface area (Å²) in [5.74, 6) is -7.87. The Morgan fingerprint density at radius 2 is 1.69 bits per heavy atom. The second-order valence-corrected chi connectivity index (χ2v) is 26.0. The number of hydrogen-bond acceptors (Lipinski definition) is 15. The van der Waals surface area contributed by atoms with Gasteiger partial charge in [0.1, 0.15) is 41.3 Å². The Hall–Kier alpha value is -5.73. The Morgan fingerprint density at radius 1 is 1.00 bits per heavy atom. The third kappa shape index (κ3) is 20.1. The van der Waals surface area contributed by atoms with Gasteiger partial charge in [0, 0.05) is 75.9 Å². The summed E-state index contributed by atoms with van der Waals surface area (Å²) in [6.45, 7) is 11.8. The first kappa shape index (κ1) is 75.0. The number of likely N-dealkylation sites (N-methyl/N-ethyl adjacent to an activating group) is 1. The summed E-state index contributed by atoms with van der Waals surface area (Å²) >= 11 is 13.4. The van der Waals surface area contributed by atoms with Crippen molar-refractivity contribution in [1.29, 1.82) is 0 Å². The van der Waals surface area contributed by atoms with E-state index in [0.717, 1.165) is 35.2 Å². The Bertz CT molecular complexity index is 3020. The average Bonchev–Trinajstić information content (AvgIpc) is 1.56. The number of aryl methyl sites for hydroxylation is 1. The van der Waals surface area contributed by atoms with Gasteiger partial charge in [-0.15, -0.1) is 0 Å². The molecule has 10 atom stereocenters. The van der Waals surface area contributed by atoms with Gasteiger partial charge in [0.05, 0.1) is 59.3 Å². The molecule has 498 valence electrons. The van der Waals surface area contributed by atoms with E-state index in [9.17, 15) is 48.3 Å². The second-order valence-electron chi connectivity index (χ2n) is 24.3. The van der Waals surface area contributed by atoms with Crippen molar-refractivity contribution in [3.63, 3.8) is 0 Å². The lowest BCUT2D eigenvalue weighted by molar-refractivity contribution is -0.187. The number of primary amides is 1. The maximum absolute atomic E-state index is 15.1. The summed E-state index contributed by atoms with van der Waals surface area (Å²) < 4.78 is 74.7. The molecule has 5 amide bonds. The van der Waals surface area contributed by atoms with Crippen LogP contribution in [0.4, 0.5) is 23.7 Å². The zero-order valence-electron chi connectivity index (χ0n) is 52.6. The Morgan fingerprint density at radius 3 is 2.32 bits per heavy atom. The molecule has 90 heavy (non-hydrogen) atoms. The standard InChI is InChI=1S/C64H85Br2ClF3N5O15/c1-35(2)45(29-43(76)17-12-11-13-23-87-60(83)42(33-65)34-66)57(80)73-47(18-15-22-72-61(71)84)49(77)28-40-20-21-44(46(26-40)64(68,69)70)58(81)74(8)39(6)59(82)89-52-30-53(78)75(9)48-27-41(25-37(4)55(48)67)24-36(3)16-14-19-51(86-10)63(85)31-50(88-54(79)32-63)38(5)56-62(52,7)90-56/h14,16,19-21,25-27,35,38-39,42,45,47,50-52,56,85H,11-13,15,17-18,22-24,28-34H2,1-10H3,(H,73,80)(H3,71,72,84)/b19-14+,36-16+/t38-,39+,45+,47+,50+,51-,52+,56+,62+,63-/m1/s1. The van der Waals surface area contributed by atoms with E-state index in [1.54, 1.807) is 52.8 Å². The number of ether oxygens (including phenoxy) is 5. The first-order chi connectivity index (χ1) is 42.2. The quantitative estimate of drug-likeness (QED) is 0.0225. The molecule has 0 spiro atoms. The number of urea groups is 1. The molecular weight excluding hydrogens is 1330 g/mol. The van der Waals surface area contributed by atoms with Crippen molar-refractivity contribution in [3.8, 4) is 0 Å². The highest BCUT2D eigenvalue weighted by Gasteiger charge is 2.64. The van der Waals surface area contributed by atoms with Gasteiger partial charge in [-0.25, -0.2) is 9.59 Å². The molecule has 2 fully saturated rings. The number of epoxide rings is 1. The summed E-state index contributed by atoms with van der Waals surface area (Å²) in [6, 6.07) is 2.54. The third-order valence-electron chi connectivity index (χ3n) is 17.0. The van der Waals surface area contributed by atoms with Crippen LogP contribution in [0, 0.1) is 30.6 Å². The highest BCUT2D eigenvalue weighted by molar-refractivity contribution is 9.09. The zero-order valence-corrected chi connectivity index (χ0v) is 56.5. The summed E-state index contributed by atoms with van der Waals surface area (Å²) in [5, 5.41) is 18.3. The Labute approximate surface area is 545 Å². The lowest BCUT2D eigenvalue weighted by atomic mass is 9.78. The molecule has 2 aromatic carbocycles. The molecule has 3 aliphatic heterocycles. The molecule has 5 rings (SSSR count). The number of alkyl halides is 5. The minimum absolute atomic E-state index is 0.00720. The molecule has 20 nitrogen and oxygen atoms in total. The number of amides is 5. The first-order valence-corrected chi connectivity index (χ1v) is 32.7. The van der Waals surface area contributed by atoms with Gasteiger partial charge >= 0.3 is 30.1 Å². The van der Waals surface area contributed by atoms with Crippen LogP contribution in [0.25, 0.3) is 0 Å². The number of allylic oxidation sites excluding steroid dienone is 3. The largest absolute Gasteiger partial charge is 0.465 e. The summed E-state index contributed by atoms with van der Waals surface area (Å²) in [6.07, 6.45) is -3.79. The number of carbonyl (C=O) groups excluding carboxylic acids is 9. The number of carbonyl (C=O) groups is 9. The van der Waals surface area contributed by atoms with E-state index < -0.39 is 131 Å². The maximum atomic E-state index is 15.1. The lowest BCUT2D eigenvalue weighted by Crippen LogP contribution is -2.53. The van der Waals surface area contributed by atoms with Crippen molar-refractivity contribution in [2.24, 2.45) is 29.4 Å². The Balaban J connectivity index is 1.36. The number of nitrogens with two attached hydrogens (primary N) is 1. The number of ketones is 2. The van der Waals surface area contributed by atoms with Gasteiger partial charge in [0.25, 0.3) is 5.91 Å². The van der Waals surface area contributed by atoms with Crippen LogP contribution in [0.15, 0.2) is 54.1 Å². The Kier molecular flexibility index (Phi) is 27.7. The van der Waals surface area contributed by atoms with Crippen LogP contribution in [0.2, 0.25) is 5.02 Å². The molecule has 3 aliphatic rings. The lowest BCUT2D eigenvalue weighted by Gasteiger charge is -2.41. The van der Waals surface area contributed by atoms with Crippen LogP contribution in [0.3, 0.4) is 0 Å². The normalized spacial score (nSPS) is 24.1. The highest BCUT2D eigenvalue weighted by atomic mass is 79.9. The van der Waals surface area contributed by atoms with Crippen LogP contribution in [-0.4, -0.2) is 156 Å². The van der Waals surface area contributed by atoms with E-state index in [1.165, 1.54) is 26.0 Å². The monoisotopic (exact) mass is 1410 g/mol. The molecule has 0 radical (unpaired) electrons. The van der Waals surface area contributed by atoms with Gasteiger partial charge in [-0.2, -0.15) is 13.2 Å². The number of Topliss-reactive ketones (excluding diaryl/α,β-unsaturated/α-hetero) is 2. The van der Waals surface area contributed by atoms with Crippen molar-refractivity contribution in [1.82, 2.24) is 15.5 Å². The number of nitrogens with zero attached hydrogens (tertiary/aromatic N) is 2. The van der Waals surface area contributed by atoms with Gasteiger partial charge in [0.15, 0.2) is 5.78 Å². The molecule has 3 heterocycles. The molecular formula is C64H85Br2ClF3N5O15. The van der Waals surface area contributed by atoms with Gasteiger partial charge in [-0.3, -0.25) is 33.6 Å². The van der Waals surface area contributed by atoms with Crippen LogP contribution in [0.1, 0.15) is 138 Å². The number of anilines is 1. The number of aliphatic hydroxyl groups is 1. The fourth-order valence-corrected chi connectivity index (χ4v) is 13.1. The highest BCUT2D eigenvalue weighted by Crippen LogP contribution is 2.50. The van der Waals surface area contributed by atoms with E-state index in [2.05, 4.69) is 42.5 Å². The fraction of sp³-hybridized carbons (Fsp3) is 0.609. The smallest absolute Gasteiger partial charge is 0.417 e. The van der Waals surface area contributed by atoms with E-state index in [4.69, 9.17) is 41.0 Å². The fourth-order valence-electron chi connectivity index (χ4n) is 11.3. The van der Waals surface area contributed by atoms with Gasteiger partial charge in [0.2, 0.25) is 11.8 Å². The zero-order chi connectivity index (χ0) is 67.2. The van der Waals surface area contributed by atoms with Crippen molar-refractivity contribution in [2.45, 2.75) is 179 Å². The first-order valence-electron chi connectivity index (χ1n) is 30.1. The molecule has 4 bridgehead atoms. The number of halogens is 6. The number of benzene rings is 2. The second kappa shape index (κ2) is 33.2. The van der Waals surface area contributed by atoms with Crippen molar-refractivity contribution in [3.05, 3.63) is 87.0 Å². The number of esters is 3. The van der Waals surface area contributed by atoms with Crippen LogP contribution in [0.5, 0.6) is 0 Å². The number of rotatable bonds is 26. The predicted molar refractivity (Wildman–Crippen MR) is 337 cm³/mol. The molecule has 0 aromatic heterocycles. The van der Waals surface area contributed by atoms with E-state index in [1.807, 2.05) is 19.1 Å². The van der Waals surface area contributed by atoms with E-state index in [-0.39, 0.29) is 85.9 Å². The summed E-state index contributed by atoms with van der Waals surface area (Å²) in [4.78, 5) is 123. The van der Waals surface area contributed by atoms with Crippen molar-refractivity contribution < 1.29 is 85.1 Å².